The summed E-state index contributed by atoms with van der Waals surface area (Å²) >= 11 is 1.81. The average Bonchev–Trinajstić information content (AvgIpc) is 3.35. The number of methoxy groups -OCH3 is 1. The molecule has 1 aliphatic heterocycles. The first-order valence-electron chi connectivity index (χ1n) is 9.26. The number of likely N-dealkylation sites (tertiary alicyclic amines) is 1. The first kappa shape index (κ1) is 21.9. The highest BCUT2D eigenvalue weighted by atomic mass is 127. The van der Waals surface area contributed by atoms with E-state index in [1.807, 2.05) is 36.7 Å². The number of guanidine groups is 1. The van der Waals surface area contributed by atoms with Crippen LogP contribution >= 0.6 is 35.3 Å². The Labute approximate surface area is 183 Å². The van der Waals surface area contributed by atoms with Crippen molar-refractivity contribution in [3.8, 4) is 5.75 Å². The SMILES string of the molecule is CCc1cnc(CCNC(=NC)N2CCC(c3ccc(OC)cc3)C2)s1.I. The van der Waals surface area contributed by atoms with E-state index in [2.05, 4.69) is 39.2 Å². The van der Waals surface area contributed by atoms with Crippen molar-refractivity contribution in [1.82, 2.24) is 15.2 Å². The highest BCUT2D eigenvalue weighted by Gasteiger charge is 2.26. The molecule has 7 heteroatoms. The van der Waals surface area contributed by atoms with Crippen molar-refractivity contribution in [2.45, 2.75) is 32.1 Å². The largest absolute Gasteiger partial charge is 0.497 e. The number of aryl methyl sites for hydroxylation is 1. The molecule has 0 spiro atoms. The van der Waals surface area contributed by atoms with Crippen LogP contribution in [0.1, 0.15) is 34.7 Å². The summed E-state index contributed by atoms with van der Waals surface area (Å²) in [4.78, 5) is 12.7. The lowest BCUT2D eigenvalue weighted by atomic mass is 9.98. The van der Waals surface area contributed by atoms with Gasteiger partial charge >= 0.3 is 0 Å². The minimum absolute atomic E-state index is 0. The second kappa shape index (κ2) is 10.8. The molecule has 0 amide bonds. The topological polar surface area (TPSA) is 49.8 Å². The summed E-state index contributed by atoms with van der Waals surface area (Å²) in [6, 6.07) is 8.45. The van der Waals surface area contributed by atoms with E-state index in [9.17, 15) is 0 Å². The number of benzene rings is 1. The molecule has 1 aliphatic rings. The fourth-order valence-electron chi connectivity index (χ4n) is 3.34. The summed E-state index contributed by atoms with van der Waals surface area (Å²) in [6.07, 6.45) is 5.15. The molecule has 2 heterocycles. The zero-order valence-corrected chi connectivity index (χ0v) is 19.4. The van der Waals surface area contributed by atoms with E-state index in [0.29, 0.717) is 5.92 Å². The molecule has 1 aromatic heterocycles. The van der Waals surface area contributed by atoms with Gasteiger partial charge in [0.2, 0.25) is 0 Å². The number of hydrogen-bond acceptors (Lipinski definition) is 4. The zero-order chi connectivity index (χ0) is 18.4. The fourth-order valence-corrected chi connectivity index (χ4v) is 4.20. The molecule has 27 heavy (non-hydrogen) atoms. The van der Waals surface area contributed by atoms with Crippen molar-refractivity contribution < 1.29 is 4.74 Å². The van der Waals surface area contributed by atoms with Gasteiger partial charge in [-0.3, -0.25) is 4.99 Å². The van der Waals surface area contributed by atoms with Gasteiger partial charge < -0.3 is 15.0 Å². The molecule has 1 N–H and O–H groups in total. The fraction of sp³-hybridized carbons (Fsp3) is 0.500. The normalized spacial score (nSPS) is 16.9. The number of ether oxygens (including phenoxy) is 1. The summed E-state index contributed by atoms with van der Waals surface area (Å²) in [5.41, 5.74) is 1.37. The Hall–Kier alpha value is -1.35. The maximum absolute atomic E-state index is 5.25. The van der Waals surface area contributed by atoms with Gasteiger partial charge in [0, 0.05) is 50.1 Å². The standard InChI is InChI=1S/C20H28N4OS.HI/c1-4-18-13-23-19(26-18)9-11-22-20(21-2)24-12-10-16(14-24)15-5-7-17(25-3)8-6-15;/h5-8,13,16H,4,9-12,14H2,1-3H3,(H,21,22);1H. The van der Waals surface area contributed by atoms with Crippen LogP contribution < -0.4 is 10.1 Å². The summed E-state index contributed by atoms with van der Waals surface area (Å²) in [7, 11) is 3.57. The minimum Gasteiger partial charge on any atom is -0.497 e. The second-order valence-corrected chi connectivity index (χ2v) is 7.70. The van der Waals surface area contributed by atoms with Crippen molar-refractivity contribution >= 4 is 41.3 Å². The van der Waals surface area contributed by atoms with Gasteiger partial charge in [0.15, 0.2) is 5.96 Å². The Bertz CT molecular complexity index is 732. The maximum atomic E-state index is 5.25. The Morgan fingerprint density at radius 1 is 1.37 bits per heavy atom. The van der Waals surface area contributed by atoms with Gasteiger partial charge in [-0.25, -0.2) is 4.98 Å². The van der Waals surface area contributed by atoms with E-state index in [0.717, 1.165) is 50.6 Å². The van der Waals surface area contributed by atoms with E-state index in [1.54, 1.807) is 7.11 Å². The molecule has 0 bridgehead atoms. The third-order valence-corrected chi connectivity index (χ3v) is 6.06. The van der Waals surface area contributed by atoms with Gasteiger partial charge in [0.1, 0.15) is 5.75 Å². The van der Waals surface area contributed by atoms with Crippen molar-refractivity contribution in [2.75, 3.05) is 33.8 Å². The first-order valence-corrected chi connectivity index (χ1v) is 10.1. The van der Waals surface area contributed by atoms with Crippen LogP contribution in [0.4, 0.5) is 0 Å². The van der Waals surface area contributed by atoms with E-state index >= 15 is 0 Å². The number of aliphatic imine (C=N–C) groups is 1. The van der Waals surface area contributed by atoms with E-state index < -0.39 is 0 Å². The number of aromatic nitrogens is 1. The Kier molecular flexibility index (Phi) is 8.82. The third-order valence-electron chi connectivity index (χ3n) is 4.86. The number of hydrogen-bond donors (Lipinski definition) is 1. The van der Waals surface area contributed by atoms with Crippen molar-refractivity contribution in [3.63, 3.8) is 0 Å². The number of thiazole rings is 1. The van der Waals surface area contributed by atoms with Crippen LogP contribution in [0, 0.1) is 0 Å². The molecule has 1 unspecified atom stereocenters. The van der Waals surface area contributed by atoms with Crippen LogP contribution in [0.5, 0.6) is 5.75 Å². The summed E-state index contributed by atoms with van der Waals surface area (Å²) in [5.74, 6) is 2.45. The summed E-state index contributed by atoms with van der Waals surface area (Å²) in [6.45, 7) is 5.08. The van der Waals surface area contributed by atoms with Crippen LogP contribution in [0.25, 0.3) is 0 Å². The molecule has 1 saturated heterocycles. The number of nitrogens with zero attached hydrogens (tertiary/aromatic N) is 3. The molecule has 0 radical (unpaired) electrons. The lowest BCUT2D eigenvalue weighted by molar-refractivity contribution is 0.414. The average molecular weight is 500 g/mol. The molecular weight excluding hydrogens is 471 g/mol. The molecule has 1 atom stereocenters. The van der Waals surface area contributed by atoms with Crippen molar-refractivity contribution in [1.29, 1.82) is 0 Å². The highest BCUT2D eigenvalue weighted by molar-refractivity contribution is 14.0. The summed E-state index contributed by atoms with van der Waals surface area (Å²) < 4.78 is 5.25. The number of halogens is 1. The van der Waals surface area contributed by atoms with Crippen molar-refractivity contribution in [2.24, 2.45) is 4.99 Å². The Morgan fingerprint density at radius 3 is 2.78 bits per heavy atom. The molecule has 0 aliphatic carbocycles. The minimum atomic E-state index is 0. The highest BCUT2D eigenvalue weighted by Crippen LogP contribution is 2.28. The predicted molar refractivity (Wildman–Crippen MR) is 124 cm³/mol. The summed E-state index contributed by atoms with van der Waals surface area (Å²) in [5, 5.41) is 4.70. The smallest absolute Gasteiger partial charge is 0.193 e. The van der Waals surface area contributed by atoms with E-state index in [1.165, 1.54) is 15.4 Å². The van der Waals surface area contributed by atoms with Gasteiger partial charge in [-0.1, -0.05) is 19.1 Å². The molecule has 0 saturated carbocycles. The Morgan fingerprint density at radius 2 is 2.15 bits per heavy atom. The third kappa shape index (κ3) is 5.81. The Balaban J connectivity index is 0.00000261. The van der Waals surface area contributed by atoms with Gasteiger partial charge in [0.25, 0.3) is 0 Å². The molecule has 3 rings (SSSR count). The van der Waals surface area contributed by atoms with Crippen molar-refractivity contribution in [3.05, 3.63) is 45.9 Å². The van der Waals surface area contributed by atoms with Crippen LogP contribution in [0.2, 0.25) is 0 Å². The molecule has 2 aromatic rings. The predicted octanol–water partition coefficient (Wildman–Crippen LogP) is 3.94. The van der Waals surface area contributed by atoms with Crippen LogP contribution in [-0.2, 0) is 12.8 Å². The molecule has 1 fully saturated rings. The van der Waals surface area contributed by atoms with Gasteiger partial charge in [0.05, 0.1) is 12.1 Å². The first-order chi connectivity index (χ1) is 12.7. The van der Waals surface area contributed by atoms with E-state index in [4.69, 9.17) is 4.74 Å². The molecular formula is C20H29IN4OS. The number of rotatable bonds is 6. The number of nitrogens with one attached hydrogen (secondary N) is 1. The van der Waals surface area contributed by atoms with Crippen LogP contribution in [0.3, 0.4) is 0 Å². The van der Waals surface area contributed by atoms with Crippen LogP contribution in [-0.4, -0.2) is 49.6 Å². The van der Waals surface area contributed by atoms with Gasteiger partial charge in [-0.2, -0.15) is 0 Å². The van der Waals surface area contributed by atoms with Crippen LogP contribution in [0.15, 0.2) is 35.5 Å². The van der Waals surface area contributed by atoms with Gasteiger partial charge in [-0.15, -0.1) is 35.3 Å². The van der Waals surface area contributed by atoms with Gasteiger partial charge in [-0.05, 0) is 30.5 Å². The zero-order valence-electron chi connectivity index (χ0n) is 16.3. The lowest BCUT2D eigenvalue weighted by Gasteiger charge is -2.21. The molecule has 148 valence electrons. The van der Waals surface area contributed by atoms with E-state index in [-0.39, 0.29) is 24.0 Å². The molecule has 1 aromatic carbocycles. The second-order valence-electron chi connectivity index (χ2n) is 6.50. The monoisotopic (exact) mass is 500 g/mol. The molecule has 5 nitrogen and oxygen atoms in total. The maximum Gasteiger partial charge on any atom is 0.193 e. The quantitative estimate of drug-likeness (QED) is 0.371. The lowest BCUT2D eigenvalue weighted by Crippen LogP contribution is -2.40.